The first-order valence-electron chi connectivity index (χ1n) is 7.18. The van der Waals surface area contributed by atoms with Crippen molar-refractivity contribution in [1.29, 1.82) is 0 Å². The SMILES string of the molecule is O=c1cnn(-c2cc(Cl)c(Sc3cccc(C(F)(F)F)c3)c(Cl)c2)c(=O)[nH]1. The number of nitrogens with one attached hydrogen (secondary N) is 1. The average Bonchev–Trinajstić information content (AvgIpc) is 2.57. The third-order valence-electron chi connectivity index (χ3n) is 3.32. The van der Waals surface area contributed by atoms with E-state index in [0.717, 1.165) is 34.8 Å². The molecule has 0 aliphatic rings. The number of hydrogen-bond acceptors (Lipinski definition) is 4. The van der Waals surface area contributed by atoms with Gasteiger partial charge in [-0.3, -0.25) is 9.78 Å². The molecule has 0 radical (unpaired) electrons. The molecular weight excluding hydrogens is 426 g/mol. The van der Waals surface area contributed by atoms with Gasteiger partial charge >= 0.3 is 11.9 Å². The molecule has 0 aliphatic heterocycles. The van der Waals surface area contributed by atoms with E-state index >= 15 is 0 Å². The molecule has 0 saturated carbocycles. The number of aromatic nitrogens is 3. The first-order chi connectivity index (χ1) is 12.6. The van der Waals surface area contributed by atoms with Gasteiger partial charge in [0.25, 0.3) is 5.56 Å². The Kier molecular flexibility index (Phi) is 5.36. The van der Waals surface area contributed by atoms with E-state index < -0.39 is 23.0 Å². The molecule has 0 spiro atoms. The first-order valence-corrected chi connectivity index (χ1v) is 8.75. The maximum Gasteiger partial charge on any atom is 0.416 e. The van der Waals surface area contributed by atoms with Crippen LogP contribution < -0.4 is 11.2 Å². The van der Waals surface area contributed by atoms with Gasteiger partial charge in [-0.05, 0) is 30.3 Å². The Morgan fingerprint density at radius 3 is 2.33 bits per heavy atom. The second-order valence-electron chi connectivity index (χ2n) is 5.22. The van der Waals surface area contributed by atoms with Crippen LogP contribution in [0.15, 0.2) is 62.0 Å². The fourth-order valence-electron chi connectivity index (χ4n) is 2.16. The van der Waals surface area contributed by atoms with Gasteiger partial charge in [0.15, 0.2) is 0 Å². The molecule has 0 aliphatic carbocycles. The fourth-order valence-corrected chi connectivity index (χ4v) is 3.75. The van der Waals surface area contributed by atoms with Crippen molar-refractivity contribution in [3.8, 4) is 5.69 Å². The van der Waals surface area contributed by atoms with E-state index in [1.54, 1.807) is 0 Å². The largest absolute Gasteiger partial charge is 0.416 e. The molecule has 2 aromatic carbocycles. The van der Waals surface area contributed by atoms with Crippen LogP contribution in [-0.2, 0) is 6.18 Å². The zero-order chi connectivity index (χ0) is 19.8. The van der Waals surface area contributed by atoms with Gasteiger partial charge < -0.3 is 0 Å². The Hall–Kier alpha value is -2.23. The Labute approximate surface area is 163 Å². The quantitative estimate of drug-likeness (QED) is 0.664. The van der Waals surface area contributed by atoms with Crippen LogP contribution in [0.2, 0.25) is 10.0 Å². The van der Waals surface area contributed by atoms with Crippen LogP contribution in [0.5, 0.6) is 0 Å². The van der Waals surface area contributed by atoms with Crippen molar-refractivity contribution in [2.45, 2.75) is 16.0 Å². The summed E-state index contributed by atoms with van der Waals surface area (Å²) >= 11 is 13.4. The molecule has 0 atom stereocenters. The number of rotatable bonds is 3. The van der Waals surface area contributed by atoms with Crippen LogP contribution in [0.1, 0.15) is 5.56 Å². The zero-order valence-electron chi connectivity index (χ0n) is 13.1. The van der Waals surface area contributed by atoms with Gasteiger partial charge in [0.05, 0.1) is 21.3 Å². The lowest BCUT2D eigenvalue weighted by molar-refractivity contribution is -0.137. The molecule has 5 nitrogen and oxygen atoms in total. The minimum Gasteiger partial charge on any atom is -0.271 e. The predicted octanol–water partition coefficient (Wildman–Crippen LogP) is 4.40. The van der Waals surface area contributed by atoms with Gasteiger partial charge in [-0.25, -0.2) is 4.79 Å². The maximum atomic E-state index is 12.8. The highest BCUT2D eigenvalue weighted by Gasteiger charge is 2.30. The highest BCUT2D eigenvalue weighted by molar-refractivity contribution is 7.99. The molecule has 0 unspecified atom stereocenters. The Bertz CT molecular complexity index is 1110. The maximum absolute atomic E-state index is 12.8. The van der Waals surface area contributed by atoms with E-state index in [0.29, 0.717) is 9.79 Å². The summed E-state index contributed by atoms with van der Waals surface area (Å²) in [6.07, 6.45) is -3.56. The smallest absolute Gasteiger partial charge is 0.271 e. The number of benzene rings is 2. The van der Waals surface area contributed by atoms with E-state index in [2.05, 4.69) is 5.10 Å². The lowest BCUT2D eigenvalue weighted by Crippen LogP contribution is -2.30. The molecule has 140 valence electrons. The van der Waals surface area contributed by atoms with Crippen LogP contribution in [0.4, 0.5) is 13.2 Å². The molecule has 0 fully saturated rings. The van der Waals surface area contributed by atoms with Gasteiger partial charge in [-0.1, -0.05) is 41.0 Å². The number of aromatic amines is 1. The first kappa shape index (κ1) is 19.5. The van der Waals surface area contributed by atoms with Crippen molar-refractivity contribution in [3.63, 3.8) is 0 Å². The predicted molar refractivity (Wildman–Crippen MR) is 96.0 cm³/mol. The summed E-state index contributed by atoms with van der Waals surface area (Å²) in [5, 5.41) is 3.92. The van der Waals surface area contributed by atoms with Gasteiger partial charge in [0, 0.05) is 9.79 Å². The molecule has 27 heavy (non-hydrogen) atoms. The van der Waals surface area contributed by atoms with E-state index in [-0.39, 0.29) is 15.7 Å². The standard InChI is InChI=1S/C16H8Cl2F3N3O2S/c17-11-5-9(24-15(26)23-13(25)7-22-24)6-12(18)14(11)27-10-3-1-2-8(4-10)16(19,20)21/h1-7H,(H,23,25,26). The number of nitrogens with zero attached hydrogens (tertiary/aromatic N) is 2. The van der Waals surface area contributed by atoms with Crippen molar-refractivity contribution in [2.24, 2.45) is 0 Å². The second kappa shape index (κ2) is 7.41. The molecule has 0 amide bonds. The Morgan fingerprint density at radius 2 is 1.74 bits per heavy atom. The second-order valence-corrected chi connectivity index (χ2v) is 7.12. The Morgan fingerprint density at radius 1 is 1.07 bits per heavy atom. The topological polar surface area (TPSA) is 67.8 Å². The molecule has 11 heteroatoms. The lowest BCUT2D eigenvalue weighted by atomic mass is 10.2. The fraction of sp³-hybridized carbons (Fsp3) is 0.0625. The summed E-state index contributed by atoms with van der Waals surface area (Å²) in [5.74, 6) is 0. The summed E-state index contributed by atoms with van der Waals surface area (Å²) < 4.78 is 39.4. The molecular formula is C16H8Cl2F3N3O2S. The highest BCUT2D eigenvalue weighted by Crippen LogP contribution is 2.41. The van der Waals surface area contributed by atoms with Crippen LogP contribution >= 0.6 is 35.0 Å². The van der Waals surface area contributed by atoms with Gasteiger partial charge in [-0.2, -0.15) is 23.0 Å². The van der Waals surface area contributed by atoms with Gasteiger partial charge in [-0.15, -0.1) is 0 Å². The van der Waals surface area contributed by atoms with Gasteiger partial charge in [0.2, 0.25) is 0 Å². The molecule has 3 rings (SSSR count). The van der Waals surface area contributed by atoms with E-state index in [1.165, 1.54) is 24.3 Å². The van der Waals surface area contributed by atoms with Crippen LogP contribution in [-0.4, -0.2) is 14.8 Å². The molecule has 0 saturated heterocycles. The molecule has 1 aromatic heterocycles. The van der Waals surface area contributed by atoms with Crippen molar-refractivity contribution in [1.82, 2.24) is 14.8 Å². The molecule has 1 N–H and O–H groups in total. The summed E-state index contributed by atoms with van der Waals surface area (Å²) in [7, 11) is 0. The van der Waals surface area contributed by atoms with Crippen LogP contribution in [0.3, 0.4) is 0 Å². The molecule has 3 aromatic rings. The number of alkyl halides is 3. The minimum absolute atomic E-state index is 0.111. The normalized spacial score (nSPS) is 11.6. The van der Waals surface area contributed by atoms with Crippen molar-refractivity contribution < 1.29 is 13.2 Å². The summed E-state index contributed by atoms with van der Waals surface area (Å²) in [5.41, 5.74) is -2.04. The summed E-state index contributed by atoms with van der Waals surface area (Å²) in [6, 6.07) is 7.47. The summed E-state index contributed by atoms with van der Waals surface area (Å²) in [4.78, 5) is 25.6. The number of H-pyrrole nitrogens is 1. The van der Waals surface area contributed by atoms with Crippen molar-refractivity contribution in [2.75, 3.05) is 0 Å². The summed E-state index contributed by atoms with van der Waals surface area (Å²) in [6.45, 7) is 0. The van der Waals surface area contributed by atoms with Crippen LogP contribution in [0, 0.1) is 0 Å². The third kappa shape index (κ3) is 4.37. The van der Waals surface area contributed by atoms with E-state index in [1.807, 2.05) is 4.98 Å². The molecule has 1 heterocycles. The Balaban J connectivity index is 1.99. The van der Waals surface area contributed by atoms with Crippen molar-refractivity contribution in [3.05, 3.63) is 79.0 Å². The van der Waals surface area contributed by atoms with Gasteiger partial charge in [0.1, 0.15) is 6.20 Å². The zero-order valence-corrected chi connectivity index (χ0v) is 15.4. The van der Waals surface area contributed by atoms with E-state index in [9.17, 15) is 22.8 Å². The highest BCUT2D eigenvalue weighted by atomic mass is 35.5. The lowest BCUT2D eigenvalue weighted by Gasteiger charge is -2.12. The monoisotopic (exact) mass is 433 g/mol. The molecule has 0 bridgehead atoms. The van der Waals surface area contributed by atoms with E-state index in [4.69, 9.17) is 23.2 Å². The number of halogens is 5. The average molecular weight is 434 g/mol. The third-order valence-corrected chi connectivity index (χ3v) is 5.28. The van der Waals surface area contributed by atoms with Crippen molar-refractivity contribution >= 4 is 35.0 Å². The minimum atomic E-state index is -4.47. The van der Waals surface area contributed by atoms with Crippen LogP contribution in [0.25, 0.3) is 5.69 Å². The number of hydrogen-bond donors (Lipinski definition) is 1.